The molecular formula is C19H29EsN2-. The monoisotopic (exact) mass is 537 g/mol. The van der Waals surface area contributed by atoms with Crippen molar-refractivity contribution in [2.45, 2.75) is 57.9 Å². The van der Waals surface area contributed by atoms with Gasteiger partial charge in [-0.15, -0.1) is 6.54 Å². The van der Waals surface area contributed by atoms with Crippen LogP contribution in [0.25, 0.3) is 5.32 Å². The molecule has 1 atom stereocenters. The molecule has 0 amide bonds. The van der Waals surface area contributed by atoms with Gasteiger partial charge in [-0.3, -0.25) is 0 Å². The topological polar surface area (TPSA) is 26.1 Å². The largest absolute Gasteiger partial charge is 0.665 e. The quantitative estimate of drug-likeness (QED) is 0.484. The Morgan fingerprint density at radius 2 is 2.00 bits per heavy atom. The van der Waals surface area contributed by atoms with Gasteiger partial charge in [-0.1, -0.05) is 45.0 Å². The molecule has 1 radical (unpaired) electrons. The van der Waals surface area contributed by atoms with E-state index < -0.39 is 0 Å². The second-order valence-corrected chi connectivity index (χ2v) is 6.53. The van der Waals surface area contributed by atoms with Crippen LogP contribution in [-0.4, -0.2) is 19.6 Å². The molecule has 22 heavy (non-hydrogen) atoms. The fourth-order valence-electron chi connectivity index (χ4n) is 3.07. The summed E-state index contributed by atoms with van der Waals surface area (Å²) >= 11 is 0. The van der Waals surface area contributed by atoms with Crippen LogP contribution in [0.4, 0.5) is 0 Å². The first kappa shape index (κ1) is 17.8. The normalized spacial score (nSPS) is 16.3. The van der Waals surface area contributed by atoms with Crippen LogP contribution in [0, 0.1) is 0 Å². The molecule has 0 heterocycles. The molecule has 1 N–H and O–H groups in total. The second-order valence-electron chi connectivity index (χ2n) is 6.53. The van der Waals surface area contributed by atoms with Gasteiger partial charge in [0, 0.05) is 11.7 Å². The molecule has 127 valence electrons. The van der Waals surface area contributed by atoms with Gasteiger partial charge >= 0.3 is 0 Å². The van der Waals surface area contributed by atoms with Crippen molar-refractivity contribution in [2.75, 3.05) is 13.6 Å². The molecule has 0 saturated carbocycles. The fraction of sp³-hybridized carbons (Fsp3) is 0.579. The summed E-state index contributed by atoms with van der Waals surface area (Å²) in [6.45, 7) is 9.68. The van der Waals surface area contributed by atoms with E-state index in [1.165, 1.54) is 35.2 Å². The third kappa shape index (κ3) is 4.63. The molecule has 1 unspecified atom stereocenters. The summed E-state index contributed by atoms with van der Waals surface area (Å²) in [5.41, 5.74) is 5.68. The predicted molar refractivity (Wildman–Crippen MR) is 92.0 cm³/mol. The van der Waals surface area contributed by atoms with E-state index in [9.17, 15) is 0 Å². The van der Waals surface area contributed by atoms with Crippen LogP contribution in [-0.2, 0) is 12.8 Å². The molecule has 0 aliphatic heterocycles. The van der Waals surface area contributed by atoms with Crippen molar-refractivity contribution in [3.8, 4) is 0 Å². The third-order valence-electron chi connectivity index (χ3n) is 4.35. The molecule has 1 aliphatic rings. The summed E-state index contributed by atoms with van der Waals surface area (Å²) in [5, 5.41) is 7.76. The Bertz CT molecular complexity index is 482. The van der Waals surface area contributed by atoms with Crippen LogP contribution in [0.15, 0.2) is 30.5 Å². The number of unbranched alkanes of at least 4 members (excludes halogenated alkanes) is 1. The minimum absolute atomic E-state index is 0. The molecule has 0 fully saturated rings. The molecule has 1 aromatic carbocycles. The van der Waals surface area contributed by atoms with E-state index >= 15 is 0 Å². The smallest absolute Gasteiger partial charge is 0.0338 e. The van der Waals surface area contributed by atoms with Gasteiger partial charge in [0.05, 0.1) is 0 Å². The number of fused-ring (bicyclic) bond motifs is 1. The van der Waals surface area contributed by atoms with E-state index in [0.29, 0.717) is 12.0 Å². The number of nitrogens with one attached hydrogen (secondary N) is 1. The zero-order valence-electron chi connectivity index (χ0n) is 14.1. The van der Waals surface area contributed by atoms with Crippen LogP contribution >= 0.6 is 0 Å². The Balaban J connectivity index is 0.00000242. The Morgan fingerprint density at radius 3 is 2.68 bits per heavy atom. The van der Waals surface area contributed by atoms with Crippen molar-refractivity contribution in [1.82, 2.24) is 5.32 Å². The summed E-state index contributed by atoms with van der Waals surface area (Å²) in [5.74, 6) is 0.612. The zero-order valence-corrected chi connectivity index (χ0v) is 16.6. The van der Waals surface area contributed by atoms with Gasteiger partial charge in [-0.25, -0.2) is 0 Å². The second kappa shape index (κ2) is 8.23. The molecule has 0 bridgehead atoms. The molecule has 1 aromatic rings. The van der Waals surface area contributed by atoms with Crippen molar-refractivity contribution >= 4 is 0 Å². The molecular weight excluding hydrogens is 508 g/mol. The zero-order chi connectivity index (χ0) is 15.2. The molecule has 2 nitrogen and oxygen atoms in total. The van der Waals surface area contributed by atoms with Crippen molar-refractivity contribution in [3.63, 3.8) is 0 Å². The van der Waals surface area contributed by atoms with Gasteiger partial charge in [-0.2, -0.15) is 7.05 Å². The number of benzene rings is 1. The predicted octanol–water partition coefficient (Wildman–Crippen LogP) is 4.55. The maximum Gasteiger partial charge on any atom is 0.0338 e. The minimum Gasteiger partial charge on any atom is -0.665 e. The first-order valence-electron chi connectivity index (χ1n) is 8.21. The minimum atomic E-state index is 0. The van der Waals surface area contributed by atoms with Crippen LogP contribution in [0.3, 0.4) is 0 Å². The van der Waals surface area contributed by atoms with Gasteiger partial charge < -0.3 is 10.6 Å². The summed E-state index contributed by atoms with van der Waals surface area (Å²) in [6, 6.07) is 7.53. The summed E-state index contributed by atoms with van der Waals surface area (Å²) in [4.78, 5) is 0. The standard InChI is InChI=1S/C19H29N2.Es/c1-14(2)16-8-9-17-12-19(13-18(17)11-16)21-15(3)7-5-6-10-20-4;/h8-9,11,14,19,21H,3,5-7,10,12-13H2,1-2,4H3;/q-1;. The SMILES string of the molecule is C=C(CCCC[N-]C)NC1Cc2ccc(C(C)C)cc2C1.[Es]. The number of allylic oxidation sites excluding steroid dienone is 1. The molecule has 3 heteroatoms. The van der Waals surface area contributed by atoms with Gasteiger partial charge in [0.1, 0.15) is 0 Å². The Hall–Kier alpha value is -2.28. The number of rotatable bonds is 8. The van der Waals surface area contributed by atoms with Crippen LogP contribution in [0.5, 0.6) is 0 Å². The average Bonchev–Trinajstić information content (AvgIpc) is 2.84. The average molecular weight is 537 g/mol. The third-order valence-corrected chi connectivity index (χ3v) is 4.35. The molecule has 1 aliphatic carbocycles. The first-order valence-corrected chi connectivity index (χ1v) is 8.21. The van der Waals surface area contributed by atoms with Crippen molar-refractivity contribution in [2.24, 2.45) is 0 Å². The summed E-state index contributed by atoms with van der Waals surface area (Å²) < 4.78 is 0. The molecule has 2 rings (SSSR count). The number of hydrogen-bond acceptors (Lipinski definition) is 1. The number of hydrogen-bond donors (Lipinski definition) is 1. The van der Waals surface area contributed by atoms with Crippen LogP contribution in [0.2, 0.25) is 0 Å². The van der Waals surface area contributed by atoms with E-state index in [2.05, 4.69) is 49.3 Å². The first-order chi connectivity index (χ1) is 10.1. The molecule has 0 spiro atoms. The van der Waals surface area contributed by atoms with Crippen molar-refractivity contribution in [3.05, 3.63) is 52.5 Å². The van der Waals surface area contributed by atoms with Gasteiger partial charge in [-0.05, 0) is 48.3 Å². The Labute approximate surface area is 130 Å². The van der Waals surface area contributed by atoms with E-state index in [-0.39, 0.29) is 0 Å². The maximum absolute atomic E-state index is 4.18. The van der Waals surface area contributed by atoms with Gasteiger partial charge in [0.15, 0.2) is 0 Å². The summed E-state index contributed by atoms with van der Waals surface area (Å²) in [6.07, 6.45) is 5.69. The van der Waals surface area contributed by atoms with E-state index in [1.807, 2.05) is 7.05 Å². The van der Waals surface area contributed by atoms with E-state index in [4.69, 9.17) is 0 Å². The number of nitrogens with zero attached hydrogens (tertiary/aromatic N) is 1. The fourth-order valence-corrected chi connectivity index (χ4v) is 3.07. The summed E-state index contributed by atoms with van der Waals surface area (Å²) in [7, 11) is 1.88. The van der Waals surface area contributed by atoms with Gasteiger partial charge in [0.25, 0.3) is 0 Å². The van der Waals surface area contributed by atoms with Crippen LogP contribution in [0.1, 0.15) is 55.7 Å². The van der Waals surface area contributed by atoms with Crippen molar-refractivity contribution < 1.29 is 0 Å². The van der Waals surface area contributed by atoms with Crippen molar-refractivity contribution in [1.29, 1.82) is 0 Å². The Morgan fingerprint density at radius 1 is 1.27 bits per heavy atom. The van der Waals surface area contributed by atoms with E-state index in [1.54, 1.807) is 0 Å². The Kier molecular flexibility index (Phi) is 6.65. The van der Waals surface area contributed by atoms with E-state index in [0.717, 1.165) is 25.8 Å². The molecule has 0 saturated heterocycles. The maximum atomic E-state index is 4.18. The molecule has 0 aromatic heterocycles. The van der Waals surface area contributed by atoms with Crippen LogP contribution < -0.4 is 5.32 Å². The van der Waals surface area contributed by atoms with Gasteiger partial charge in [0.2, 0.25) is 0 Å².